The summed E-state index contributed by atoms with van der Waals surface area (Å²) in [6, 6.07) is 5.17. The van der Waals surface area contributed by atoms with Gasteiger partial charge in [-0.25, -0.2) is 0 Å². The molecule has 0 saturated carbocycles. The van der Waals surface area contributed by atoms with E-state index in [0.29, 0.717) is 17.1 Å². The highest BCUT2D eigenvalue weighted by Gasteiger charge is 2.12. The van der Waals surface area contributed by atoms with Crippen molar-refractivity contribution in [3.8, 4) is 5.75 Å². The lowest BCUT2D eigenvalue weighted by Gasteiger charge is -2.12. The molecule has 3 N–H and O–H groups in total. The molecule has 0 aliphatic rings. The van der Waals surface area contributed by atoms with E-state index in [2.05, 4.69) is 5.32 Å². The Kier molecular flexibility index (Phi) is 4.49. The van der Waals surface area contributed by atoms with Crippen LogP contribution >= 0.6 is 11.8 Å². The first-order chi connectivity index (χ1) is 7.58. The van der Waals surface area contributed by atoms with Gasteiger partial charge < -0.3 is 15.8 Å². The fraction of sp³-hybridized carbons (Fsp3) is 0.364. The molecule has 1 aromatic carbocycles. The number of rotatable bonds is 4. The van der Waals surface area contributed by atoms with Gasteiger partial charge in [0.15, 0.2) is 0 Å². The number of hydrogen-bond donors (Lipinski definition) is 2. The number of carbonyl (C=O) groups is 1. The first kappa shape index (κ1) is 12.7. The Morgan fingerprint density at radius 2 is 2.25 bits per heavy atom. The lowest BCUT2D eigenvalue weighted by atomic mass is 10.2. The summed E-state index contributed by atoms with van der Waals surface area (Å²) in [5, 5.41) is 2.68. The summed E-state index contributed by atoms with van der Waals surface area (Å²) < 4.78 is 5.03. The molecule has 4 nitrogen and oxygen atoms in total. The minimum Gasteiger partial charge on any atom is -0.497 e. The van der Waals surface area contributed by atoms with Crippen LogP contribution in [0.3, 0.4) is 0 Å². The van der Waals surface area contributed by atoms with Crippen LogP contribution in [0.4, 0.5) is 11.4 Å². The SMILES string of the molecule is COc1ccc(NC(=O)C(C)SC)c(N)c1. The standard InChI is InChI=1S/C11H16N2O2S/c1-7(16-3)11(14)13-10-5-4-8(15-2)6-9(10)12/h4-7H,12H2,1-3H3,(H,13,14). The molecule has 0 aromatic heterocycles. The fourth-order valence-corrected chi connectivity index (χ4v) is 1.40. The molecule has 0 spiro atoms. The summed E-state index contributed by atoms with van der Waals surface area (Å²) in [6.07, 6.45) is 1.89. The zero-order valence-corrected chi connectivity index (χ0v) is 10.4. The second-order valence-electron chi connectivity index (χ2n) is 3.32. The van der Waals surface area contributed by atoms with E-state index in [1.54, 1.807) is 25.3 Å². The number of methoxy groups -OCH3 is 1. The van der Waals surface area contributed by atoms with Crippen molar-refractivity contribution in [3.05, 3.63) is 18.2 Å². The maximum absolute atomic E-state index is 11.6. The third-order valence-electron chi connectivity index (χ3n) is 2.24. The van der Waals surface area contributed by atoms with Crippen LogP contribution in [0.2, 0.25) is 0 Å². The van der Waals surface area contributed by atoms with Gasteiger partial charge in [0.1, 0.15) is 5.75 Å². The minimum absolute atomic E-state index is 0.0515. The summed E-state index contributed by atoms with van der Waals surface area (Å²) in [5.74, 6) is 0.623. The highest BCUT2D eigenvalue weighted by molar-refractivity contribution is 7.99. The average Bonchev–Trinajstić information content (AvgIpc) is 2.30. The van der Waals surface area contributed by atoms with Crippen molar-refractivity contribution in [2.24, 2.45) is 0 Å². The molecule has 0 saturated heterocycles. The molecule has 0 heterocycles. The van der Waals surface area contributed by atoms with E-state index in [1.807, 2.05) is 13.2 Å². The molecule has 5 heteroatoms. The molecular weight excluding hydrogens is 224 g/mol. The van der Waals surface area contributed by atoms with Crippen molar-refractivity contribution in [1.82, 2.24) is 0 Å². The summed E-state index contributed by atoms with van der Waals surface area (Å²) in [4.78, 5) is 11.6. The predicted octanol–water partition coefficient (Wildman–Crippen LogP) is 1.97. The van der Waals surface area contributed by atoms with Crippen molar-refractivity contribution in [3.63, 3.8) is 0 Å². The van der Waals surface area contributed by atoms with Crippen molar-refractivity contribution >= 4 is 29.0 Å². The number of hydrogen-bond acceptors (Lipinski definition) is 4. The Morgan fingerprint density at radius 1 is 1.56 bits per heavy atom. The van der Waals surface area contributed by atoms with Gasteiger partial charge in [-0.2, -0.15) is 11.8 Å². The van der Waals surface area contributed by atoms with E-state index in [9.17, 15) is 4.79 Å². The summed E-state index contributed by atoms with van der Waals surface area (Å²) in [6.45, 7) is 1.85. The molecule has 0 aliphatic heterocycles. The molecule has 1 amide bonds. The van der Waals surface area contributed by atoms with Gasteiger partial charge in [-0.05, 0) is 25.3 Å². The molecule has 1 rings (SSSR count). The van der Waals surface area contributed by atoms with E-state index in [4.69, 9.17) is 10.5 Å². The van der Waals surface area contributed by atoms with Crippen molar-refractivity contribution < 1.29 is 9.53 Å². The number of carbonyl (C=O) groups excluding carboxylic acids is 1. The van der Waals surface area contributed by atoms with Crippen molar-refractivity contribution in [1.29, 1.82) is 0 Å². The highest BCUT2D eigenvalue weighted by atomic mass is 32.2. The minimum atomic E-state index is -0.0958. The van der Waals surface area contributed by atoms with E-state index in [1.165, 1.54) is 11.8 Å². The molecule has 1 unspecified atom stereocenters. The van der Waals surface area contributed by atoms with Crippen LogP contribution in [0.5, 0.6) is 5.75 Å². The van der Waals surface area contributed by atoms with Gasteiger partial charge in [0.25, 0.3) is 0 Å². The van der Waals surface area contributed by atoms with Gasteiger partial charge in [0, 0.05) is 6.07 Å². The van der Waals surface area contributed by atoms with Gasteiger partial charge >= 0.3 is 0 Å². The number of nitrogen functional groups attached to an aromatic ring is 1. The summed E-state index contributed by atoms with van der Waals surface area (Å²) >= 11 is 1.49. The van der Waals surface area contributed by atoms with Crippen LogP contribution in [0.15, 0.2) is 18.2 Å². The van der Waals surface area contributed by atoms with Crippen LogP contribution < -0.4 is 15.8 Å². The lowest BCUT2D eigenvalue weighted by molar-refractivity contribution is -0.115. The topological polar surface area (TPSA) is 64.3 Å². The molecule has 0 aliphatic carbocycles. The van der Waals surface area contributed by atoms with Crippen LogP contribution in [0, 0.1) is 0 Å². The number of nitrogens with two attached hydrogens (primary N) is 1. The molecule has 0 fully saturated rings. The van der Waals surface area contributed by atoms with Gasteiger partial charge in [-0.1, -0.05) is 0 Å². The monoisotopic (exact) mass is 240 g/mol. The molecule has 0 bridgehead atoms. The summed E-state index contributed by atoms with van der Waals surface area (Å²) in [5.41, 5.74) is 6.90. The molecular formula is C11H16N2O2S. The maximum Gasteiger partial charge on any atom is 0.237 e. The Balaban J connectivity index is 2.78. The van der Waals surface area contributed by atoms with Gasteiger partial charge in [0.05, 0.1) is 23.7 Å². The zero-order chi connectivity index (χ0) is 12.1. The summed E-state index contributed by atoms with van der Waals surface area (Å²) in [7, 11) is 1.57. The van der Waals surface area contributed by atoms with Gasteiger partial charge in [-0.3, -0.25) is 4.79 Å². The number of benzene rings is 1. The second kappa shape index (κ2) is 5.65. The van der Waals surface area contributed by atoms with Crippen LogP contribution in [-0.4, -0.2) is 24.5 Å². The smallest absolute Gasteiger partial charge is 0.237 e. The first-order valence-corrected chi connectivity index (χ1v) is 6.14. The highest BCUT2D eigenvalue weighted by Crippen LogP contribution is 2.24. The number of ether oxygens (including phenoxy) is 1. The van der Waals surface area contributed by atoms with Crippen molar-refractivity contribution in [2.75, 3.05) is 24.4 Å². The number of thioether (sulfide) groups is 1. The third kappa shape index (κ3) is 3.06. The van der Waals surface area contributed by atoms with Crippen molar-refractivity contribution in [2.45, 2.75) is 12.2 Å². The van der Waals surface area contributed by atoms with E-state index >= 15 is 0 Å². The largest absolute Gasteiger partial charge is 0.497 e. The quantitative estimate of drug-likeness (QED) is 0.790. The number of nitrogens with one attached hydrogen (secondary N) is 1. The second-order valence-corrected chi connectivity index (χ2v) is 4.50. The predicted molar refractivity (Wildman–Crippen MR) is 69.0 cm³/mol. The third-order valence-corrected chi connectivity index (χ3v) is 3.16. The molecule has 0 radical (unpaired) electrons. The first-order valence-electron chi connectivity index (χ1n) is 4.85. The zero-order valence-electron chi connectivity index (χ0n) is 9.61. The van der Waals surface area contributed by atoms with Crippen LogP contribution in [0.25, 0.3) is 0 Å². The molecule has 88 valence electrons. The van der Waals surface area contributed by atoms with Crippen LogP contribution in [0.1, 0.15) is 6.92 Å². The Hall–Kier alpha value is -1.36. The Labute approximate surface area is 99.5 Å². The number of anilines is 2. The van der Waals surface area contributed by atoms with E-state index < -0.39 is 0 Å². The Morgan fingerprint density at radius 3 is 2.75 bits per heavy atom. The van der Waals surface area contributed by atoms with E-state index in [0.717, 1.165) is 0 Å². The lowest BCUT2D eigenvalue weighted by Crippen LogP contribution is -2.22. The normalized spacial score (nSPS) is 11.9. The maximum atomic E-state index is 11.6. The van der Waals surface area contributed by atoms with Gasteiger partial charge in [-0.15, -0.1) is 0 Å². The molecule has 1 atom stereocenters. The van der Waals surface area contributed by atoms with Crippen LogP contribution in [-0.2, 0) is 4.79 Å². The number of amides is 1. The molecule has 16 heavy (non-hydrogen) atoms. The Bertz CT molecular complexity index is 382. The average molecular weight is 240 g/mol. The fourth-order valence-electron chi connectivity index (χ4n) is 1.12. The van der Waals surface area contributed by atoms with Gasteiger partial charge in [0.2, 0.25) is 5.91 Å². The van der Waals surface area contributed by atoms with E-state index in [-0.39, 0.29) is 11.2 Å². The molecule has 1 aromatic rings.